The van der Waals surface area contributed by atoms with Crippen LogP contribution in [0.5, 0.6) is 0 Å². The van der Waals surface area contributed by atoms with E-state index < -0.39 is 0 Å². The third kappa shape index (κ3) is 3.13. The molecular formula is C14H18N4O. The molecule has 100 valence electrons. The van der Waals surface area contributed by atoms with E-state index in [0.717, 1.165) is 11.4 Å². The molecule has 0 aliphatic heterocycles. The van der Waals surface area contributed by atoms with Gasteiger partial charge in [-0.15, -0.1) is 0 Å². The van der Waals surface area contributed by atoms with E-state index in [4.69, 9.17) is 0 Å². The smallest absolute Gasteiger partial charge is 0.253 e. The monoisotopic (exact) mass is 258 g/mol. The molecule has 19 heavy (non-hydrogen) atoms. The molecule has 1 aromatic carbocycles. The lowest BCUT2D eigenvalue weighted by Gasteiger charge is -2.12. The van der Waals surface area contributed by atoms with Gasteiger partial charge in [0.15, 0.2) is 0 Å². The summed E-state index contributed by atoms with van der Waals surface area (Å²) in [4.78, 5) is 13.4. The van der Waals surface area contributed by atoms with Crippen LogP contribution in [0.3, 0.4) is 0 Å². The van der Waals surface area contributed by atoms with Crippen LogP contribution in [0, 0.1) is 0 Å². The number of aryl methyl sites for hydroxylation is 1. The van der Waals surface area contributed by atoms with E-state index in [1.165, 1.54) is 0 Å². The second-order valence-electron chi connectivity index (χ2n) is 4.58. The summed E-state index contributed by atoms with van der Waals surface area (Å²) in [6.07, 6.45) is 1.77. The lowest BCUT2D eigenvalue weighted by atomic mass is 10.2. The Morgan fingerprint density at radius 2 is 2.16 bits per heavy atom. The molecule has 1 N–H and O–H groups in total. The molecule has 2 rings (SSSR count). The number of nitrogens with zero attached hydrogens (tertiary/aromatic N) is 3. The first-order valence-corrected chi connectivity index (χ1v) is 6.10. The molecule has 2 aromatic rings. The Balaban J connectivity index is 2.07. The van der Waals surface area contributed by atoms with Crippen LogP contribution in [-0.2, 0) is 13.6 Å². The van der Waals surface area contributed by atoms with Gasteiger partial charge in [0.25, 0.3) is 5.91 Å². The van der Waals surface area contributed by atoms with Crippen molar-refractivity contribution >= 4 is 11.6 Å². The first-order chi connectivity index (χ1) is 9.08. The van der Waals surface area contributed by atoms with Gasteiger partial charge in [-0.05, 0) is 24.3 Å². The first kappa shape index (κ1) is 13.1. The molecule has 0 saturated carbocycles. The molecule has 0 saturated heterocycles. The summed E-state index contributed by atoms with van der Waals surface area (Å²) >= 11 is 0. The zero-order chi connectivity index (χ0) is 13.8. The molecule has 0 bridgehead atoms. The highest BCUT2D eigenvalue weighted by Crippen LogP contribution is 2.13. The fourth-order valence-electron chi connectivity index (χ4n) is 1.79. The van der Waals surface area contributed by atoms with Crippen LogP contribution in [-0.4, -0.2) is 34.7 Å². The van der Waals surface area contributed by atoms with E-state index in [1.807, 2.05) is 42.1 Å². The largest absolute Gasteiger partial charge is 0.379 e. The Hall–Kier alpha value is -2.30. The lowest BCUT2D eigenvalue weighted by Crippen LogP contribution is -2.21. The highest BCUT2D eigenvalue weighted by atomic mass is 16.2. The van der Waals surface area contributed by atoms with Crippen molar-refractivity contribution in [1.29, 1.82) is 0 Å². The van der Waals surface area contributed by atoms with Gasteiger partial charge in [0, 0.05) is 38.6 Å². The summed E-state index contributed by atoms with van der Waals surface area (Å²) in [5.41, 5.74) is 2.69. The Labute approximate surface area is 112 Å². The number of carbonyl (C=O) groups excluding carboxylic acids is 1. The lowest BCUT2D eigenvalue weighted by molar-refractivity contribution is 0.0827. The third-order valence-corrected chi connectivity index (χ3v) is 2.91. The topological polar surface area (TPSA) is 50.2 Å². The number of carbonyl (C=O) groups is 1. The standard InChI is InChI=1S/C14H18N4O/c1-17(2)14(19)11-5-4-6-12(9-11)15-10-13-7-8-16-18(13)3/h4-9,15H,10H2,1-3H3. The van der Waals surface area contributed by atoms with Crippen molar-refractivity contribution in [2.75, 3.05) is 19.4 Å². The number of anilines is 1. The van der Waals surface area contributed by atoms with Crippen molar-refractivity contribution in [2.24, 2.45) is 7.05 Å². The Morgan fingerprint density at radius 1 is 1.37 bits per heavy atom. The molecule has 1 amide bonds. The van der Waals surface area contributed by atoms with Crippen molar-refractivity contribution in [3.8, 4) is 0 Å². The maximum Gasteiger partial charge on any atom is 0.253 e. The third-order valence-electron chi connectivity index (χ3n) is 2.91. The molecule has 5 heteroatoms. The minimum Gasteiger partial charge on any atom is -0.379 e. The number of rotatable bonds is 4. The van der Waals surface area contributed by atoms with Gasteiger partial charge in [-0.25, -0.2) is 0 Å². The van der Waals surface area contributed by atoms with Crippen molar-refractivity contribution in [2.45, 2.75) is 6.54 Å². The molecule has 0 aliphatic rings. The fraction of sp³-hybridized carbons (Fsp3) is 0.286. The molecule has 0 spiro atoms. The number of nitrogens with one attached hydrogen (secondary N) is 1. The summed E-state index contributed by atoms with van der Waals surface area (Å²) < 4.78 is 1.82. The van der Waals surface area contributed by atoms with Crippen LogP contribution in [0.1, 0.15) is 16.1 Å². The molecule has 1 heterocycles. The van der Waals surface area contributed by atoms with E-state index >= 15 is 0 Å². The number of benzene rings is 1. The normalized spacial score (nSPS) is 10.3. The Bertz CT molecular complexity index is 574. The maximum absolute atomic E-state index is 11.9. The second-order valence-corrected chi connectivity index (χ2v) is 4.58. The Kier molecular flexibility index (Phi) is 3.85. The molecule has 0 radical (unpaired) electrons. The molecule has 0 unspecified atom stereocenters. The van der Waals surface area contributed by atoms with Gasteiger partial charge in [-0.2, -0.15) is 5.10 Å². The molecule has 0 aliphatic carbocycles. The first-order valence-electron chi connectivity index (χ1n) is 6.10. The molecule has 0 atom stereocenters. The predicted octanol–water partition coefficient (Wildman–Crippen LogP) is 1.73. The average molecular weight is 258 g/mol. The summed E-state index contributed by atoms with van der Waals surface area (Å²) in [6.45, 7) is 0.677. The highest BCUT2D eigenvalue weighted by Gasteiger charge is 2.08. The van der Waals surface area contributed by atoms with Crippen LogP contribution < -0.4 is 5.32 Å². The molecule has 0 fully saturated rings. The highest BCUT2D eigenvalue weighted by molar-refractivity contribution is 5.94. The van der Waals surface area contributed by atoms with Crippen molar-refractivity contribution in [3.05, 3.63) is 47.8 Å². The summed E-state index contributed by atoms with van der Waals surface area (Å²) in [5.74, 6) is 0.00387. The van der Waals surface area contributed by atoms with E-state index in [2.05, 4.69) is 10.4 Å². The van der Waals surface area contributed by atoms with Crippen LogP contribution in [0.15, 0.2) is 36.5 Å². The number of hydrogen-bond acceptors (Lipinski definition) is 3. The van der Waals surface area contributed by atoms with Gasteiger partial charge in [0.05, 0.1) is 12.2 Å². The van der Waals surface area contributed by atoms with Gasteiger partial charge in [0.2, 0.25) is 0 Å². The summed E-state index contributed by atoms with van der Waals surface area (Å²) in [6, 6.07) is 9.46. The van der Waals surface area contributed by atoms with Crippen molar-refractivity contribution in [1.82, 2.24) is 14.7 Å². The minimum atomic E-state index is 0.00387. The van der Waals surface area contributed by atoms with Crippen molar-refractivity contribution < 1.29 is 4.79 Å². The minimum absolute atomic E-state index is 0.00387. The van der Waals surface area contributed by atoms with Crippen molar-refractivity contribution in [3.63, 3.8) is 0 Å². The molecule has 1 aromatic heterocycles. The molecular weight excluding hydrogens is 240 g/mol. The van der Waals surface area contributed by atoms with E-state index in [-0.39, 0.29) is 5.91 Å². The van der Waals surface area contributed by atoms with Crippen LogP contribution >= 0.6 is 0 Å². The number of amides is 1. The van der Waals surface area contributed by atoms with Gasteiger partial charge in [0.1, 0.15) is 0 Å². The van der Waals surface area contributed by atoms with Gasteiger partial charge in [-0.1, -0.05) is 6.07 Å². The average Bonchev–Trinajstić information content (AvgIpc) is 2.81. The van der Waals surface area contributed by atoms with Gasteiger partial charge >= 0.3 is 0 Å². The number of aromatic nitrogens is 2. The van der Waals surface area contributed by atoms with Gasteiger partial charge in [-0.3, -0.25) is 9.48 Å². The predicted molar refractivity (Wildman–Crippen MR) is 75.0 cm³/mol. The summed E-state index contributed by atoms with van der Waals surface area (Å²) in [7, 11) is 5.40. The van der Waals surface area contributed by atoms with Crippen LogP contribution in [0.2, 0.25) is 0 Å². The van der Waals surface area contributed by atoms with Crippen LogP contribution in [0.25, 0.3) is 0 Å². The maximum atomic E-state index is 11.9. The fourth-order valence-corrected chi connectivity index (χ4v) is 1.79. The van der Waals surface area contributed by atoms with E-state index in [0.29, 0.717) is 12.1 Å². The van der Waals surface area contributed by atoms with Crippen LogP contribution in [0.4, 0.5) is 5.69 Å². The molecule has 5 nitrogen and oxygen atoms in total. The zero-order valence-corrected chi connectivity index (χ0v) is 11.4. The van der Waals surface area contributed by atoms with Gasteiger partial charge < -0.3 is 10.2 Å². The quantitative estimate of drug-likeness (QED) is 0.908. The van der Waals surface area contributed by atoms with E-state index in [9.17, 15) is 4.79 Å². The Morgan fingerprint density at radius 3 is 2.79 bits per heavy atom. The second kappa shape index (κ2) is 5.56. The SMILES string of the molecule is CN(C)C(=O)c1cccc(NCc2ccnn2C)c1. The summed E-state index contributed by atoms with van der Waals surface area (Å²) in [5, 5.41) is 7.40. The zero-order valence-electron chi connectivity index (χ0n) is 11.4. The van der Waals surface area contributed by atoms with E-state index in [1.54, 1.807) is 25.2 Å². The number of hydrogen-bond donors (Lipinski definition) is 1.